The SMILES string of the molecule is COCCNCC(=O)Nc1cc(F)ccc1NC(C)C. The van der Waals surface area contributed by atoms with Gasteiger partial charge in [0.2, 0.25) is 5.91 Å². The van der Waals surface area contributed by atoms with Gasteiger partial charge in [-0.05, 0) is 32.0 Å². The zero-order chi connectivity index (χ0) is 15.0. The van der Waals surface area contributed by atoms with Gasteiger partial charge in [0.05, 0.1) is 24.5 Å². The Morgan fingerprint density at radius 2 is 2.10 bits per heavy atom. The molecular formula is C14H22FN3O2. The van der Waals surface area contributed by atoms with Gasteiger partial charge in [0, 0.05) is 19.7 Å². The summed E-state index contributed by atoms with van der Waals surface area (Å²) in [4.78, 5) is 11.8. The van der Waals surface area contributed by atoms with Gasteiger partial charge in [0.1, 0.15) is 5.82 Å². The summed E-state index contributed by atoms with van der Waals surface area (Å²) in [6.07, 6.45) is 0. The highest BCUT2D eigenvalue weighted by Crippen LogP contribution is 2.23. The summed E-state index contributed by atoms with van der Waals surface area (Å²) in [7, 11) is 1.60. The summed E-state index contributed by atoms with van der Waals surface area (Å²) >= 11 is 0. The van der Waals surface area contributed by atoms with Gasteiger partial charge in [-0.1, -0.05) is 0 Å². The van der Waals surface area contributed by atoms with Gasteiger partial charge in [-0.2, -0.15) is 0 Å². The van der Waals surface area contributed by atoms with Gasteiger partial charge in [-0.15, -0.1) is 0 Å². The number of methoxy groups -OCH3 is 1. The predicted octanol–water partition coefficient (Wildman–Crippen LogP) is 1.82. The number of benzene rings is 1. The van der Waals surface area contributed by atoms with E-state index in [-0.39, 0.29) is 24.3 Å². The zero-order valence-corrected chi connectivity index (χ0v) is 12.1. The third kappa shape index (κ3) is 5.99. The molecule has 0 aromatic heterocycles. The largest absolute Gasteiger partial charge is 0.383 e. The second-order valence-corrected chi connectivity index (χ2v) is 4.71. The fourth-order valence-electron chi connectivity index (χ4n) is 1.63. The summed E-state index contributed by atoms with van der Waals surface area (Å²) < 4.78 is 18.1. The molecule has 0 aliphatic rings. The summed E-state index contributed by atoms with van der Waals surface area (Å²) in [5.74, 6) is -0.611. The normalized spacial score (nSPS) is 10.7. The average molecular weight is 283 g/mol. The lowest BCUT2D eigenvalue weighted by atomic mass is 10.2. The maximum atomic E-state index is 13.3. The Hall–Kier alpha value is -1.66. The molecule has 0 radical (unpaired) electrons. The molecule has 6 heteroatoms. The minimum absolute atomic E-state index is 0.154. The van der Waals surface area contributed by atoms with Crippen LogP contribution < -0.4 is 16.0 Å². The van der Waals surface area contributed by atoms with Crippen LogP contribution in [0.5, 0.6) is 0 Å². The molecule has 0 saturated carbocycles. The average Bonchev–Trinajstić information content (AvgIpc) is 2.37. The third-order valence-corrected chi connectivity index (χ3v) is 2.47. The molecule has 0 bridgehead atoms. The van der Waals surface area contributed by atoms with E-state index >= 15 is 0 Å². The third-order valence-electron chi connectivity index (χ3n) is 2.47. The van der Waals surface area contributed by atoms with E-state index in [1.54, 1.807) is 13.2 Å². The van der Waals surface area contributed by atoms with Crippen molar-refractivity contribution in [3.63, 3.8) is 0 Å². The first-order chi connectivity index (χ1) is 9.52. The van der Waals surface area contributed by atoms with E-state index in [0.717, 1.165) is 0 Å². The summed E-state index contributed by atoms with van der Waals surface area (Å²) in [5, 5.41) is 8.78. The molecule has 0 saturated heterocycles. The standard InChI is InChI=1S/C14H22FN3O2/c1-10(2)17-12-5-4-11(15)8-13(12)18-14(19)9-16-6-7-20-3/h4-5,8,10,16-17H,6-7,9H2,1-3H3,(H,18,19). The fourth-order valence-corrected chi connectivity index (χ4v) is 1.63. The zero-order valence-electron chi connectivity index (χ0n) is 12.1. The van der Waals surface area contributed by atoms with Gasteiger partial charge in [0.15, 0.2) is 0 Å². The lowest BCUT2D eigenvalue weighted by Crippen LogP contribution is -2.30. The molecule has 1 rings (SSSR count). The molecule has 0 heterocycles. The number of ether oxygens (including phenoxy) is 1. The summed E-state index contributed by atoms with van der Waals surface area (Å²) in [5.41, 5.74) is 1.14. The lowest BCUT2D eigenvalue weighted by molar-refractivity contribution is -0.115. The Balaban J connectivity index is 2.60. The summed E-state index contributed by atoms with van der Waals surface area (Å²) in [6.45, 7) is 5.22. The number of nitrogens with one attached hydrogen (secondary N) is 3. The molecule has 1 amide bonds. The maximum absolute atomic E-state index is 13.3. The first-order valence-electron chi connectivity index (χ1n) is 6.58. The van der Waals surface area contributed by atoms with Crippen molar-refractivity contribution in [1.29, 1.82) is 0 Å². The number of amides is 1. The van der Waals surface area contributed by atoms with Crippen LogP contribution in [0.3, 0.4) is 0 Å². The van der Waals surface area contributed by atoms with Crippen LogP contribution in [-0.2, 0) is 9.53 Å². The number of rotatable bonds is 8. The van der Waals surface area contributed by atoms with Crippen molar-refractivity contribution in [2.45, 2.75) is 19.9 Å². The molecule has 20 heavy (non-hydrogen) atoms. The Kier molecular flexibility index (Phi) is 6.97. The minimum atomic E-state index is -0.387. The fraction of sp³-hybridized carbons (Fsp3) is 0.500. The van der Waals surface area contributed by atoms with Crippen molar-refractivity contribution in [3.8, 4) is 0 Å². The number of anilines is 2. The highest BCUT2D eigenvalue weighted by molar-refractivity contribution is 5.95. The molecular weight excluding hydrogens is 261 g/mol. The molecule has 0 unspecified atom stereocenters. The second-order valence-electron chi connectivity index (χ2n) is 4.71. The molecule has 112 valence electrons. The molecule has 0 atom stereocenters. The van der Waals surface area contributed by atoms with Gasteiger partial charge < -0.3 is 20.7 Å². The quantitative estimate of drug-likeness (QED) is 0.637. The molecule has 0 aliphatic carbocycles. The highest BCUT2D eigenvalue weighted by atomic mass is 19.1. The van der Waals surface area contributed by atoms with Crippen molar-refractivity contribution in [3.05, 3.63) is 24.0 Å². The molecule has 5 nitrogen and oxygen atoms in total. The van der Waals surface area contributed by atoms with Crippen LogP contribution in [-0.4, -0.2) is 38.8 Å². The Labute approximate surface area is 118 Å². The van der Waals surface area contributed by atoms with Gasteiger partial charge in [0.25, 0.3) is 0 Å². The molecule has 0 fully saturated rings. The Bertz CT molecular complexity index is 438. The molecule has 0 aliphatic heterocycles. The van der Waals surface area contributed by atoms with Crippen LogP contribution in [0.4, 0.5) is 15.8 Å². The van der Waals surface area contributed by atoms with E-state index in [1.807, 2.05) is 13.8 Å². The van der Waals surface area contributed by atoms with Gasteiger partial charge in [-0.3, -0.25) is 4.79 Å². The minimum Gasteiger partial charge on any atom is -0.383 e. The Morgan fingerprint density at radius 3 is 2.75 bits per heavy atom. The van der Waals surface area contributed by atoms with Crippen molar-refractivity contribution in [2.24, 2.45) is 0 Å². The highest BCUT2D eigenvalue weighted by Gasteiger charge is 2.09. The van der Waals surface area contributed by atoms with E-state index in [9.17, 15) is 9.18 Å². The summed E-state index contributed by atoms with van der Waals surface area (Å²) in [6, 6.07) is 4.47. The van der Waals surface area contributed by atoms with Crippen LogP contribution in [0.25, 0.3) is 0 Å². The number of halogens is 1. The molecule has 1 aromatic carbocycles. The molecule has 0 spiro atoms. The number of hydrogen-bond donors (Lipinski definition) is 3. The van der Waals surface area contributed by atoms with Crippen LogP contribution in [0.15, 0.2) is 18.2 Å². The van der Waals surface area contributed by atoms with Gasteiger partial charge >= 0.3 is 0 Å². The van der Waals surface area contributed by atoms with E-state index < -0.39 is 0 Å². The van der Waals surface area contributed by atoms with E-state index in [0.29, 0.717) is 24.5 Å². The van der Waals surface area contributed by atoms with E-state index in [1.165, 1.54) is 12.1 Å². The lowest BCUT2D eigenvalue weighted by Gasteiger charge is -2.15. The molecule has 3 N–H and O–H groups in total. The van der Waals surface area contributed by atoms with Crippen LogP contribution in [0.2, 0.25) is 0 Å². The van der Waals surface area contributed by atoms with Crippen LogP contribution >= 0.6 is 0 Å². The van der Waals surface area contributed by atoms with E-state index in [2.05, 4.69) is 16.0 Å². The Morgan fingerprint density at radius 1 is 1.35 bits per heavy atom. The maximum Gasteiger partial charge on any atom is 0.238 e. The topological polar surface area (TPSA) is 62.4 Å². The van der Waals surface area contributed by atoms with Crippen molar-refractivity contribution >= 4 is 17.3 Å². The van der Waals surface area contributed by atoms with Gasteiger partial charge in [-0.25, -0.2) is 4.39 Å². The second kappa shape index (κ2) is 8.50. The monoisotopic (exact) mass is 283 g/mol. The number of carbonyl (C=O) groups excluding carboxylic acids is 1. The predicted molar refractivity (Wildman–Crippen MR) is 78.5 cm³/mol. The smallest absolute Gasteiger partial charge is 0.238 e. The van der Waals surface area contributed by atoms with Crippen molar-refractivity contribution < 1.29 is 13.9 Å². The van der Waals surface area contributed by atoms with Crippen molar-refractivity contribution in [2.75, 3.05) is 37.4 Å². The molecule has 1 aromatic rings. The van der Waals surface area contributed by atoms with Crippen LogP contribution in [0.1, 0.15) is 13.8 Å². The first-order valence-corrected chi connectivity index (χ1v) is 6.58. The van der Waals surface area contributed by atoms with E-state index in [4.69, 9.17) is 4.74 Å². The van der Waals surface area contributed by atoms with Crippen LogP contribution in [0, 0.1) is 5.82 Å². The first kappa shape index (κ1) is 16.4. The number of hydrogen-bond acceptors (Lipinski definition) is 4. The number of carbonyl (C=O) groups is 1. The van der Waals surface area contributed by atoms with Crippen molar-refractivity contribution in [1.82, 2.24) is 5.32 Å².